The average Bonchev–Trinajstić information content (AvgIpc) is 2.66. The van der Waals surface area contributed by atoms with Gasteiger partial charge in [-0.1, -0.05) is 12.1 Å². The van der Waals surface area contributed by atoms with Crippen molar-refractivity contribution >= 4 is 23.3 Å². The van der Waals surface area contributed by atoms with Crippen LogP contribution >= 0.6 is 0 Å². The second-order valence-corrected chi connectivity index (χ2v) is 6.36. The van der Waals surface area contributed by atoms with Gasteiger partial charge in [-0.3, -0.25) is 4.79 Å². The molecule has 0 radical (unpaired) electrons. The summed E-state index contributed by atoms with van der Waals surface area (Å²) in [6.07, 6.45) is 0. The van der Waals surface area contributed by atoms with Gasteiger partial charge in [0, 0.05) is 24.5 Å². The Morgan fingerprint density at radius 3 is 2.78 bits per heavy atom. The van der Waals surface area contributed by atoms with E-state index in [4.69, 9.17) is 4.74 Å². The van der Waals surface area contributed by atoms with E-state index < -0.39 is 0 Å². The summed E-state index contributed by atoms with van der Waals surface area (Å²) in [5.41, 5.74) is 2.78. The summed E-state index contributed by atoms with van der Waals surface area (Å²) in [5, 5.41) is 8.35. The predicted octanol–water partition coefficient (Wildman–Crippen LogP) is 2.13. The highest BCUT2D eigenvalue weighted by molar-refractivity contribution is 5.89. The lowest BCUT2D eigenvalue weighted by Crippen LogP contribution is -2.47. The fourth-order valence-electron chi connectivity index (χ4n) is 2.83. The van der Waals surface area contributed by atoms with Crippen molar-refractivity contribution in [3.8, 4) is 5.75 Å². The summed E-state index contributed by atoms with van der Waals surface area (Å²) >= 11 is 0. The van der Waals surface area contributed by atoms with Crippen LogP contribution in [-0.4, -0.2) is 44.7 Å². The number of nitrogens with zero attached hydrogens (tertiary/aromatic N) is 1. The number of piperazine rings is 1. The number of aryl methyl sites for hydroxylation is 1. The van der Waals surface area contributed by atoms with Crippen LogP contribution in [0.4, 0.5) is 16.2 Å². The Hall–Kier alpha value is -3.22. The molecule has 2 aromatic rings. The first-order chi connectivity index (χ1) is 13.1. The van der Waals surface area contributed by atoms with Crippen molar-refractivity contribution in [2.75, 3.05) is 43.0 Å². The molecule has 0 saturated carbocycles. The maximum Gasteiger partial charge on any atom is 0.319 e. The van der Waals surface area contributed by atoms with Crippen LogP contribution in [0.1, 0.15) is 5.56 Å². The van der Waals surface area contributed by atoms with Gasteiger partial charge in [0.05, 0.1) is 13.1 Å². The zero-order valence-corrected chi connectivity index (χ0v) is 15.3. The Bertz CT molecular complexity index is 792. The highest BCUT2D eigenvalue weighted by Crippen LogP contribution is 2.18. The minimum Gasteiger partial charge on any atom is -0.492 e. The van der Waals surface area contributed by atoms with Gasteiger partial charge in [-0.25, -0.2) is 4.79 Å². The second-order valence-electron chi connectivity index (χ2n) is 6.36. The number of ether oxygens (including phenoxy) is 1. The molecule has 1 aliphatic rings. The summed E-state index contributed by atoms with van der Waals surface area (Å²) in [5.74, 6) is 0.815. The van der Waals surface area contributed by atoms with E-state index in [0.717, 1.165) is 23.5 Å². The number of hydrogen-bond acceptors (Lipinski definition) is 4. The smallest absolute Gasteiger partial charge is 0.319 e. The standard InChI is InChI=1S/C20H24N4O3/c1-15-3-2-4-18(13-15)27-12-10-22-20(26)23-16-5-7-17(8-6-16)24-11-9-21-19(25)14-24/h2-8,13H,9-12,14H2,1H3,(H,21,25)(H2,22,23,26). The molecule has 2 aromatic carbocycles. The molecule has 0 spiro atoms. The molecule has 27 heavy (non-hydrogen) atoms. The van der Waals surface area contributed by atoms with Crippen molar-refractivity contribution in [2.24, 2.45) is 0 Å². The average molecular weight is 368 g/mol. The molecule has 0 aromatic heterocycles. The molecule has 142 valence electrons. The summed E-state index contributed by atoms with van der Waals surface area (Å²) in [4.78, 5) is 25.4. The number of anilines is 2. The number of amides is 3. The molecule has 3 rings (SSSR count). The number of benzene rings is 2. The molecular weight excluding hydrogens is 344 g/mol. The molecule has 0 bridgehead atoms. The van der Waals surface area contributed by atoms with Crippen molar-refractivity contribution in [1.29, 1.82) is 0 Å². The third kappa shape index (κ3) is 5.64. The number of nitrogens with one attached hydrogen (secondary N) is 3. The lowest BCUT2D eigenvalue weighted by Gasteiger charge is -2.28. The summed E-state index contributed by atoms with van der Waals surface area (Å²) in [6.45, 7) is 4.58. The third-order valence-electron chi connectivity index (χ3n) is 4.17. The van der Waals surface area contributed by atoms with Crippen molar-refractivity contribution in [3.05, 3.63) is 54.1 Å². The monoisotopic (exact) mass is 368 g/mol. The van der Waals surface area contributed by atoms with Crippen LogP contribution in [0.2, 0.25) is 0 Å². The quantitative estimate of drug-likeness (QED) is 0.682. The molecule has 3 amide bonds. The Morgan fingerprint density at radius 1 is 1.22 bits per heavy atom. The van der Waals surface area contributed by atoms with Crippen molar-refractivity contribution in [1.82, 2.24) is 10.6 Å². The first-order valence-corrected chi connectivity index (χ1v) is 8.96. The zero-order chi connectivity index (χ0) is 19.1. The lowest BCUT2D eigenvalue weighted by molar-refractivity contribution is -0.120. The van der Waals surface area contributed by atoms with Crippen LogP contribution in [-0.2, 0) is 4.79 Å². The Balaban J connectivity index is 1.40. The van der Waals surface area contributed by atoms with Gasteiger partial charge in [0.25, 0.3) is 0 Å². The first-order valence-electron chi connectivity index (χ1n) is 8.96. The molecular formula is C20H24N4O3. The first kappa shape index (κ1) is 18.6. The van der Waals surface area contributed by atoms with Crippen molar-refractivity contribution < 1.29 is 14.3 Å². The van der Waals surface area contributed by atoms with E-state index in [2.05, 4.69) is 16.0 Å². The van der Waals surface area contributed by atoms with E-state index in [1.807, 2.05) is 60.4 Å². The van der Waals surface area contributed by atoms with E-state index in [9.17, 15) is 9.59 Å². The lowest BCUT2D eigenvalue weighted by atomic mass is 10.2. The summed E-state index contributed by atoms with van der Waals surface area (Å²) < 4.78 is 5.60. The minimum absolute atomic E-state index is 0.0238. The van der Waals surface area contributed by atoms with Gasteiger partial charge in [0.15, 0.2) is 0 Å². The van der Waals surface area contributed by atoms with E-state index in [-0.39, 0.29) is 11.9 Å². The van der Waals surface area contributed by atoms with E-state index in [1.54, 1.807) is 0 Å². The molecule has 7 nitrogen and oxygen atoms in total. The second kappa shape index (κ2) is 8.93. The van der Waals surface area contributed by atoms with Crippen LogP contribution in [0.3, 0.4) is 0 Å². The predicted molar refractivity (Wildman–Crippen MR) is 105 cm³/mol. The van der Waals surface area contributed by atoms with Gasteiger partial charge in [0.1, 0.15) is 12.4 Å². The summed E-state index contributed by atoms with van der Waals surface area (Å²) in [7, 11) is 0. The molecule has 1 aliphatic heterocycles. The fraction of sp³-hybridized carbons (Fsp3) is 0.300. The molecule has 3 N–H and O–H groups in total. The van der Waals surface area contributed by atoms with Crippen LogP contribution in [0.25, 0.3) is 0 Å². The molecule has 0 unspecified atom stereocenters. The molecule has 1 saturated heterocycles. The SMILES string of the molecule is Cc1cccc(OCCNC(=O)Nc2ccc(N3CCNC(=O)C3)cc2)c1. The van der Waals surface area contributed by atoms with Crippen LogP contribution in [0.5, 0.6) is 5.75 Å². The Kier molecular flexibility index (Phi) is 6.14. The minimum atomic E-state index is -0.284. The maximum absolute atomic E-state index is 12.0. The Labute approximate surface area is 158 Å². The number of hydrogen-bond donors (Lipinski definition) is 3. The third-order valence-corrected chi connectivity index (χ3v) is 4.17. The van der Waals surface area contributed by atoms with E-state index >= 15 is 0 Å². The highest BCUT2D eigenvalue weighted by atomic mass is 16.5. The van der Waals surface area contributed by atoms with Gasteiger partial charge < -0.3 is 25.6 Å². The fourth-order valence-corrected chi connectivity index (χ4v) is 2.83. The molecule has 1 fully saturated rings. The molecule has 1 heterocycles. The number of carbonyl (C=O) groups excluding carboxylic acids is 2. The van der Waals surface area contributed by atoms with Crippen molar-refractivity contribution in [3.63, 3.8) is 0 Å². The number of carbonyl (C=O) groups is 2. The largest absolute Gasteiger partial charge is 0.492 e. The van der Waals surface area contributed by atoms with E-state index in [0.29, 0.717) is 31.9 Å². The molecule has 7 heteroatoms. The van der Waals surface area contributed by atoms with Crippen molar-refractivity contribution in [2.45, 2.75) is 6.92 Å². The van der Waals surface area contributed by atoms with Gasteiger partial charge in [-0.15, -0.1) is 0 Å². The topological polar surface area (TPSA) is 82.7 Å². The normalized spacial score (nSPS) is 13.7. The zero-order valence-electron chi connectivity index (χ0n) is 15.3. The maximum atomic E-state index is 12.0. The van der Waals surface area contributed by atoms with Gasteiger partial charge in [0.2, 0.25) is 5.91 Å². The van der Waals surface area contributed by atoms with E-state index in [1.165, 1.54) is 0 Å². The molecule has 0 aliphatic carbocycles. The molecule has 0 atom stereocenters. The van der Waals surface area contributed by atoms with Crippen LogP contribution in [0, 0.1) is 6.92 Å². The number of rotatable bonds is 6. The highest BCUT2D eigenvalue weighted by Gasteiger charge is 2.16. The summed E-state index contributed by atoms with van der Waals surface area (Å²) in [6, 6.07) is 14.9. The van der Waals surface area contributed by atoms with Crippen LogP contribution in [0.15, 0.2) is 48.5 Å². The van der Waals surface area contributed by atoms with Gasteiger partial charge in [-0.2, -0.15) is 0 Å². The Morgan fingerprint density at radius 2 is 2.04 bits per heavy atom. The van der Waals surface area contributed by atoms with Crippen LogP contribution < -0.4 is 25.6 Å². The number of urea groups is 1. The van der Waals surface area contributed by atoms with Gasteiger partial charge in [-0.05, 0) is 48.9 Å². The van der Waals surface area contributed by atoms with Gasteiger partial charge >= 0.3 is 6.03 Å².